The summed E-state index contributed by atoms with van der Waals surface area (Å²) < 4.78 is 0. The van der Waals surface area contributed by atoms with Crippen molar-refractivity contribution in [1.82, 2.24) is 4.90 Å². The zero-order valence-electron chi connectivity index (χ0n) is 8.58. The first kappa shape index (κ1) is 11.0. The van der Waals surface area contributed by atoms with Gasteiger partial charge in [0.1, 0.15) is 6.04 Å². The highest BCUT2D eigenvalue weighted by atomic mass is 35.5. The fourth-order valence-electron chi connectivity index (χ4n) is 1.27. The molecule has 3 heteroatoms. The minimum absolute atomic E-state index is 0.229. The maximum Gasteiger partial charge on any atom is 0.123 e. The first-order valence-corrected chi connectivity index (χ1v) is 4.76. The number of nitrogens with zero attached hydrogens (tertiary/aromatic N) is 2. The SMILES string of the molecule is Cc1ccc(C(C#N)N(C)C)cc1Cl. The molecule has 0 aromatic heterocycles. The first-order chi connectivity index (χ1) is 6.56. The number of halogens is 1. The normalized spacial score (nSPS) is 12.6. The van der Waals surface area contributed by atoms with Crippen molar-refractivity contribution in [3.05, 3.63) is 34.3 Å². The zero-order valence-corrected chi connectivity index (χ0v) is 9.34. The summed E-state index contributed by atoms with van der Waals surface area (Å²) in [7, 11) is 3.75. The van der Waals surface area contributed by atoms with E-state index in [0.29, 0.717) is 5.02 Å². The van der Waals surface area contributed by atoms with Crippen LogP contribution < -0.4 is 0 Å². The van der Waals surface area contributed by atoms with Crippen LogP contribution in [0, 0.1) is 18.3 Å². The molecule has 0 spiro atoms. The zero-order chi connectivity index (χ0) is 10.7. The number of aryl methyl sites for hydroxylation is 1. The predicted molar refractivity (Wildman–Crippen MR) is 58.2 cm³/mol. The van der Waals surface area contributed by atoms with Crippen molar-refractivity contribution in [3.63, 3.8) is 0 Å². The van der Waals surface area contributed by atoms with E-state index in [0.717, 1.165) is 11.1 Å². The average Bonchev–Trinajstić information content (AvgIpc) is 2.11. The van der Waals surface area contributed by atoms with E-state index in [1.807, 2.05) is 44.1 Å². The van der Waals surface area contributed by atoms with E-state index in [1.165, 1.54) is 0 Å². The van der Waals surface area contributed by atoms with Crippen LogP contribution in [-0.2, 0) is 0 Å². The van der Waals surface area contributed by atoms with Gasteiger partial charge in [-0.1, -0.05) is 23.7 Å². The average molecular weight is 209 g/mol. The van der Waals surface area contributed by atoms with Gasteiger partial charge in [-0.3, -0.25) is 4.90 Å². The highest BCUT2D eigenvalue weighted by molar-refractivity contribution is 6.31. The molecule has 0 saturated carbocycles. The van der Waals surface area contributed by atoms with Crippen LogP contribution in [0.4, 0.5) is 0 Å². The molecule has 2 nitrogen and oxygen atoms in total. The Balaban J connectivity index is 3.08. The van der Waals surface area contributed by atoms with Gasteiger partial charge in [-0.05, 0) is 38.2 Å². The summed E-state index contributed by atoms with van der Waals surface area (Å²) in [6, 6.07) is 7.73. The number of nitriles is 1. The van der Waals surface area contributed by atoms with Gasteiger partial charge in [0.05, 0.1) is 6.07 Å². The summed E-state index contributed by atoms with van der Waals surface area (Å²) in [6.07, 6.45) is 0. The molecular formula is C11H13ClN2. The summed E-state index contributed by atoms with van der Waals surface area (Å²) >= 11 is 5.99. The van der Waals surface area contributed by atoms with Crippen LogP contribution in [0.2, 0.25) is 5.02 Å². The molecule has 0 bridgehead atoms. The van der Waals surface area contributed by atoms with Crippen LogP contribution in [-0.4, -0.2) is 19.0 Å². The fraction of sp³-hybridized carbons (Fsp3) is 0.364. The second kappa shape index (κ2) is 4.45. The highest BCUT2D eigenvalue weighted by Gasteiger charge is 2.13. The Hall–Kier alpha value is -1.04. The van der Waals surface area contributed by atoms with Crippen molar-refractivity contribution < 1.29 is 0 Å². The molecule has 0 fully saturated rings. The van der Waals surface area contributed by atoms with Gasteiger partial charge >= 0.3 is 0 Å². The van der Waals surface area contributed by atoms with E-state index < -0.39 is 0 Å². The minimum atomic E-state index is -0.229. The summed E-state index contributed by atoms with van der Waals surface area (Å²) in [6.45, 7) is 1.95. The molecule has 1 atom stereocenters. The van der Waals surface area contributed by atoms with E-state index in [-0.39, 0.29) is 6.04 Å². The van der Waals surface area contributed by atoms with Crippen LogP contribution in [0.5, 0.6) is 0 Å². The van der Waals surface area contributed by atoms with E-state index in [2.05, 4.69) is 6.07 Å². The van der Waals surface area contributed by atoms with E-state index in [4.69, 9.17) is 16.9 Å². The second-order valence-electron chi connectivity index (χ2n) is 3.50. The molecule has 0 heterocycles. The van der Waals surface area contributed by atoms with Gasteiger partial charge in [0.15, 0.2) is 0 Å². The molecule has 74 valence electrons. The Morgan fingerprint density at radius 2 is 2.07 bits per heavy atom. The van der Waals surface area contributed by atoms with Gasteiger partial charge in [-0.15, -0.1) is 0 Å². The third-order valence-corrected chi connectivity index (χ3v) is 2.56. The van der Waals surface area contributed by atoms with Crippen molar-refractivity contribution >= 4 is 11.6 Å². The molecule has 0 aliphatic carbocycles. The van der Waals surface area contributed by atoms with Gasteiger partial charge in [0.2, 0.25) is 0 Å². The van der Waals surface area contributed by atoms with Crippen molar-refractivity contribution in [1.29, 1.82) is 5.26 Å². The van der Waals surface area contributed by atoms with E-state index in [1.54, 1.807) is 0 Å². The van der Waals surface area contributed by atoms with Gasteiger partial charge in [0.25, 0.3) is 0 Å². The van der Waals surface area contributed by atoms with Crippen LogP contribution in [0.1, 0.15) is 17.2 Å². The van der Waals surface area contributed by atoms with Gasteiger partial charge < -0.3 is 0 Å². The molecule has 1 aromatic carbocycles. The van der Waals surface area contributed by atoms with Crippen molar-refractivity contribution in [3.8, 4) is 6.07 Å². The monoisotopic (exact) mass is 208 g/mol. The van der Waals surface area contributed by atoms with Crippen LogP contribution in [0.25, 0.3) is 0 Å². The molecule has 0 aliphatic heterocycles. The topological polar surface area (TPSA) is 27.0 Å². The Morgan fingerprint density at radius 1 is 1.43 bits per heavy atom. The molecule has 0 amide bonds. The van der Waals surface area contributed by atoms with Gasteiger partial charge in [0, 0.05) is 5.02 Å². The van der Waals surface area contributed by atoms with Gasteiger partial charge in [-0.25, -0.2) is 0 Å². The summed E-state index contributed by atoms with van der Waals surface area (Å²) in [5.41, 5.74) is 1.97. The second-order valence-corrected chi connectivity index (χ2v) is 3.91. The predicted octanol–water partition coefficient (Wildman–Crippen LogP) is 2.77. The molecule has 1 rings (SSSR count). The summed E-state index contributed by atoms with van der Waals surface area (Å²) in [5, 5.41) is 9.69. The molecule has 14 heavy (non-hydrogen) atoms. The third-order valence-electron chi connectivity index (χ3n) is 2.15. The van der Waals surface area contributed by atoms with E-state index in [9.17, 15) is 0 Å². The first-order valence-electron chi connectivity index (χ1n) is 4.38. The largest absolute Gasteiger partial charge is 0.291 e. The molecule has 0 radical (unpaired) electrons. The molecule has 0 aliphatic rings. The van der Waals surface area contributed by atoms with E-state index >= 15 is 0 Å². The molecule has 0 N–H and O–H groups in total. The Bertz CT molecular complexity index is 366. The third kappa shape index (κ3) is 2.25. The lowest BCUT2D eigenvalue weighted by Crippen LogP contribution is -2.18. The highest BCUT2D eigenvalue weighted by Crippen LogP contribution is 2.23. The Morgan fingerprint density at radius 3 is 2.50 bits per heavy atom. The summed E-state index contributed by atoms with van der Waals surface area (Å²) in [5.74, 6) is 0. The number of hydrogen-bond donors (Lipinski definition) is 0. The number of rotatable bonds is 2. The molecular weight excluding hydrogens is 196 g/mol. The molecule has 0 saturated heterocycles. The maximum atomic E-state index is 8.98. The minimum Gasteiger partial charge on any atom is -0.291 e. The smallest absolute Gasteiger partial charge is 0.123 e. The lowest BCUT2D eigenvalue weighted by molar-refractivity contribution is 0.358. The quantitative estimate of drug-likeness (QED) is 0.748. The van der Waals surface area contributed by atoms with Crippen molar-refractivity contribution in [2.45, 2.75) is 13.0 Å². The number of benzene rings is 1. The van der Waals surface area contributed by atoms with Crippen LogP contribution in [0.3, 0.4) is 0 Å². The van der Waals surface area contributed by atoms with Gasteiger partial charge in [-0.2, -0.15) is 5.26 Å². The lowest BCUT2D eigenvalue weighted by Gasteiger charge is -2.17. The van der Waals surface area contributed by atoms with Crippen molar-refractivity contribution in [2.24, 2.45) is 0 Å². The Labute approximate surface area is 89.7 Å². The Kier molecular flexibility index (Phi) is 3.51. The van der Waals surface area contributed by atoms with Crippen LogP contribution in [0.15, 0.2) is 18.2 Å². The fourth-order valence-corrected chi connectivity index (χ4v) is 1.46. The number of hydrogen-bond acceptors (Lipinski definition) is 2. The molecule has 1 aromatic rings. The summed E-state index contributed by atoms with van der Waals surface area (Å²) in [4.78, 5) is 1.86. The van der Waals surface area contributed by atoms with Crippen molar-refractivity contribution in [2.75, 3.05) is 14.1 Å². The van der Waals surface area contributed by atoms with Crippen LogP contribution >= 0.6 is 11.6 Å². The molecule has 1 unspecified atom stereocenters. The lowest BCUT2D eigenvalue weighted by atomic mass is 10.1. The standard InChI is InChI=1S/C11H13ClN2/c1-8-4-5-9(6-10(8)12)11(7-13)14(2)3/h4-6,11H,1-3H3. The maximum absolute atomic E-state index is 8.98.